The third-order valence-corrected chi connectivity index (χ3v) is 9.24. The van der Waals surface area contributed by atoms with Crippen LogP contribution in [0, 0.1) is 23.7 Å². The minimum absolute atomic E-state index is 0.00478. The van der Waals surface area contributed by atoms with Crippen LogP contribution in [0.25, 0.3) is 0 Å². The molecule has 3 heterocycles. The highest BCUT2D eigenvalue weighted by Gasteiger charge is 2.82. The van der Waals surface area contributed by atoms with Crippen molar-refractivity contribution in [3.8, 4) is 29.4 Å². The molecule has 10 nitrogen and oxygen atoms in total. The van der Waals surface area contributed by atoms with Gasteiger partial charge in [-0.1, -0.05) is 41.9 Å². The molecule has 0 aromatic heterocycles. The Morgan fingerprint density at radius 2 is 1.58 bits per heavy atom. The van der Waals surface area contributed by atoms with Crippen LogP contribution in [-0.2, 0) is 16.9 Å². The van der Waals surface area contributed by atoms with Gasteiger partial charge < -0.3 is 25.4 Å². The van der Waals surface area contributed by atoms with Crippen molar-refractivity contribution in [2.24, 2.45) is 0 Å². The maximum atomic E-state index is 14.1. The van der Waals surface area contributed by atoms with E-state index in [-0.39, 0.29) is 40.0 Å². The lowest BCUT2D eigenvalue weighted by Gasteiger charge is -2.37. The molecule has 4 N–H and O–H groups in total. The van der Waals surface area contributed by atoms with Gasteiger partial charge in [0.15, 0.2) is 28.9 Å². The SMILES string of the molecule is C[C@@H](O)[C@@]12O[C@]13c1cc(O)c4c(c1N[C@H]2C#C/C=C\C#C[C@@H]3O)C(=O)c1ccc(CN2C(=O)c3ccccc3C2=O)cc1C4=O. The summed E-state index contributed by atoms with van der Waals surface area (Å²) >= 11 is 0. The minimum atomic E-state index is -1.66. The predicted octanol–water partition coefficient (Wildman–Crippen LogP) is 2.04. The van der Waals surface area contributed by atoms with E-state index < -0.39 is 58.6 Å². The molecule has 0 spiro atoms. The number of nitrogens with zero attached hydrogens (tertiary/aromatic N) is 1. The average molecular weight is 599 g/mol. The number of benzene rings is 3. The normalized spacial score (nSPS) is 27.7. The number of phenolic OH excluding ortho intramolecular Hbond substituents is 1. The number of rotatable bonds is 3. The summed E-state index contributed by atoms with van der Waals surface area (Å²) in [6, 6.07) is 11.3. The van der Waals surface area contributed by atoms with E-state index in [1.165, 1.54) is 37.3 Å². The molecule has 10 heteroatoms. The number of ketones is 2. The van der Waals surface area contributed by atoms with E-state index in [2.05, 4.69) is 29.0 Å². The van der Waals surface area contributed by atoms with Gasteiger partial charge in [0, 0.05) is 16.7 Å². The fraction of sp³-hybridized carbons (Fsp3) is 0.200. The first kappa shape index (κ1) is 27.1. The third kappa shape index (κ3) is 3.30. The number of anilines is 1. The highest BCUT2D eigenvalue weighted by atomic mass is 16.7. The number of nitrogens with one attached hydrogen (secondary N) is 1. The quantitative estimate of drug-likeness (QED) is 0.120. The summed E-state index contributed by atoms with van der Waals surface area (Å²) in [4.78, 5) is 55.1. The maximum Gasteiger partial charge on any atom is 0.261 e. The molecule has 220 valence electrons. The van der Waals surface area contributed by atoms with Crippen LogP contribution < -0.4 is 5.32 Å². The van der Waals surface area contributed by atoms with Crippen LogP contribution in [-0.4, -0.2) is 67.5 Å². The molecule has 2 amide bonds. The molecule has 3 aromatic carbocycles. The third-order valence-electron chi connectivity index (χ3n) is 9.24. The van der Waals surface area contributed by atoms with Gasteiger partial charge in [0.05, 0.1) is 40.6 Å². The van der Waals surface area contributed by atoms with E-state index in [1.54, 1.807) is 30.3 Å². The van der Waals surface area contributed by atoms with Crippen LogP contribution in [0.5, 0.6) is 5.75 Å². The van der Waals surface area contributed by atoms with E-state index >= 15 is 0 Å². The molecule has 2 bridgehead atoms. The van der Waals surface area contributed by atoms with Crippen LogP contribution in [0.4, 0.5) is 5.69 Å². The molecule has 45 heavy (non-hydrogen) atoms. The molecule has 1 fully saturated rings. The van der Waals surface area contributed by atoms with E-state index in [9.17, 15) is 34.5 Å². The Morgan fingerprint density at radius 3 is 2.27 bits per heavy atom. The Hall–Kier alpha value is -5.52. The molecule has 5 aliphatic rings. The summed E-state index contributed by atoms with van der Waals surface area (Å²) in [6.07, 6.45) is 0.310. The van der Waals surface area contributed by atoms with Crippen molar-refractivity contribution in [1.82, 2.24) is 4.90 Å². The fourth-order valence-corrected chi connectivity index (χ4v) is 7.15. The van der Waals surface area contributed by atoms with Crippen molar-refractivity contribution in [3.63, 3.8) is 0 Å². The Balaban J connectivity index is 1.24. The summed E-state index contributed by atoms with van der Waals surface area (Å²) in [7, 11) is 0. The molecule has 0 saturated carbocycles. The number of imide groups is 1. The van der Waals surface area contributed by atoms with E-state index in [0.29, 0.717) is 16.7 Å². The number of aliphatic hydroxyl groups excluding tert-OH is 2. The number of aliphatic hydroxyl groups is 2. The molecule has 8 rings (SSSR count). The van der Waals surface area contributed by atoms with Gasteiger partial charge in [-0.05, 0) is 55.0 Å². The molecule has 5 atom stereocenters. The van der Waals surface area contributed by atoms with E-state index in [1.807, 2.05) is 0 Å². The number of fused-ring (bicyclic) bond motifs is 5. The van der Waals surface area contributed by atoms with Crippen LogP contribution in [0.3, 0.4) is 0 Å². The first-order chi connectivity index (χ1) is 21.6. The standard InChI is InChI=1S/C35H22N2O8/c1-17(38)34-25-10-4-2-3-5-11-26(40)35(34,45-34)23-15-24(39)27-28(29(23)36-25)30(41)19-13-12-18(14-22(19)31(27)42)16-37-32(43)20-8-6-7-9-21(20)33(37)44/h2-3,6-9,12-15,17,25-26,36,38-40H,16H2,1H3/b3-2-/t17-,25+,26+,34+,35+/m1/s1. The number of ether oxygens (including phenoxy) is 1. The Kier molecular flexibility index (Phi) is 5.41. The summed E-state index contributed by atoms with van der Waals surface area (Å²) in [5.41, 5.74) is -2.12. The van der Waals surface area contributed by atoms with Crippen LogP contribution in [0.1, 0.15) is 70.6 Å². The molecule has 3 aromatic rings. The zero-order valence-corrected chi connectivity index (χ0v) is 23.5. The molecule has 2 aliphatic carbocycles. The predicted molar refractivity (Wildman–Crippen MR) is 157 cm³/mol. The second-order valence-electron chi connectivity index (χ2n) is 11.5. The molecular formula is C35H22N2O8. The highest BCUT2D eigenvalue weighted by Crippen LogP contribution is 2.67. The summed E-state index contributed by atoms with van der Waals surface area (Å²) < 4.78 is 6.18. The second kappa shape index (κ2) is 9.00. The second-order valence-corrected chi connectivity index (χ2v) is 11.5. The lowest BCUT2D eigenvalue weighted by atomic mass is 9.69. The van der Waals surface area contributed by atoms with Crippen molar-refractivity contribution in [3.05, 3.63) is 105 Å². The van der Waals surface area contributed by atoms with Crippen LogP contribution in [0.2, 0.25) is 0 Å². The van der Waals surface area contributed by atoms with E-state index in [4.69, 9.17) is 4.74 Å². The van der Waals surface area contributed by atoms with Crippen molar-refractivity contribution in [1.29, 1.82) is 0 Å². The number of hydrogen-bond acceptors (Lipinski definition) is 9. The molecule has 1 saturated heterocycles. The summed E-state index contributed by atoms with van der Waals surface area (Å²) in [5.74, 6) is 8.56. The first-order valence-corrected chi connectivity index (χ1v) is 14.2. The number of amides is 2. The van der Waals surface area contributed by atoms with Crippen molar-refractivity contribution < 1.29 is 39.2 Å². The molecular weight excluding hydrogens is 576 g/mol. The number of aromatic hydroxyl groups is 1. The fourth-order valence-electron chi connectivity index (χ4n) is 7.15. The van der Waals surface area contributed by atoms with E-state index in [0.717, 1.165) is 4.90 Å². The first-order valence-electron chi connectivity index (χ1n) is 14.2. The number of carbonyl (C=O) groups excluding carboxylic acids is 4. The molecule has 0 unspecified atom stereocenters. The van der Waals surface area contributed by atoms with Gasteiger partial charge in [0.1, 0.15) is 11.8 Å². The summed E-state index contributed by atoms with van der Waals surface area (Å²) in [5, 5.41) is 36.7. The van der Waals surface area contributed by atoms with Crippen LogP contribution >= 0.6 is 0 Å². The Bertz CT molecular complexity index is 2090. The van der Waals surface area contributed by atoms with Gasteiger partial charge in [0.25, 0.3) is 11.8 Å². The number of allylic oxidation sites excluding steroid dienone is 2. The van der Waals surface area contributed by atoms with Gasteiger partial charge in [-0.15, -0.1) is 0 Å². The van der Waals surface area contributed by atoms with Crippen molar-refractivity contribution >= 4 is 29.1 Å². The number of epoxide rings is 1. The van der Waals surface area contributed by atoms with Crippen molar-refractivity contribution in [2.45, 2.75) is 42.9 Å². The highest BCUT2D eigenvalue weighted by molar-refractivity contribution is 6.31. The maximum absolute atomic E-state index is 14.1. The van der Waals surface area contributed by atoms with Crippen LogP contribution in [0.15, 0.2) is 60.7 Å². The monoisotopic (exact) mass is 598 g/mol. The zero-order chi connectivity index (χ0) is 31.4. The molecule has 0 radical (unpaired) electrons. The lowest BCUT2D eigenvalue weighted by Crippen LogP contribution is -2.54. The smallest absolute Gasteiger partial charge is 0.261 e. The topological polar surface area (TPSA) is 157 Å². The Morgan fingerprint density at radius 1 is 0.911 bits per heavy atom. The van der Waals surface area contributed by atoms with Gasteiger partial charge in [0.2, 0.25) is 0 Å². The van der Waals surface area contributed by atoms with Gasteiger partial charge in [-0.2, -0.15) is 0 Å². The van der Waals surface area contributed by atoms with Gasteiger partial charge in [-0.25, -0.2) is 0 Å². The Labute approximate surface area is 255 Å². The average Bonchev–Trinajstić information content (AvgIpc) is 3.72. The largest absolute Gasteiger partial charge is 0.507 e. The van der Waals surface area contributed by atoms with Gasteiger partial charge >= 0.3 is 0 Å². The number of carbonyl (C=O) groups is 4. The lowest BCUT2D eigenvalue weighted by molar-refractivity contribution is 0.0641. The van der Waals surface area contributed by atoms with Gasteiger partial charge in [-0.3, -0.25) is 24.1 Å². The van der Waals surface area contributed by atoms with Crippen molar-refractivity contribution in [2.75, 3.05) is 5.32 Å². The molecule has 3 aliphatic heterocycles. The number of hydrogen-bond donors (Lipinski definition) is 4. The minimum Gasteiger partial charge on any atom is -0.507 e. The summed E-state index contributed by atoms with van der Waals surface area (Å²) in [6.45, 7) is 1.37. The number of phenols is 1. The zero-order valence-electron chi connectivity index (χ0n) is 23.5.